The predicted octanol–water partition coefficient (Wildman–Crippen LogP) is 4.09. The topological polar surface area (TPSA) is 35.5 Å². The summed E-state index contributed by atoms with van der Waals surface area (Å²) in [5.41, 5.74) is 0.826. The first kappa shape index (κ1) is 13.6. The lowest BCUT2D eigenvalue weighted by atomic mass is 10.1. The van der Waals surface area contributed by atoms with Gasteiger partial charge < -0.3 is 9.47 Å². The number of halogens is 1. The molecule has 19 heavy (non-hydrogen) atoms. The summed E-state index contributed by atoms with van der Waals surface area (Å²) in [6.07, 6.45) is 0. The Labute approximate surface area is 120 Å². The number of hydrogen-bond acceptors (Lipinski definition) is 3. The molecule has 1 atom stereocenters. The number of hydrogen-bond donors (Lipinski definition) is 0. The smallest absolute Gasteiger partial charge is 0.323 e. The van der Waals surface area contributed by atoms with Gasteiger partial charge in [-0.05, 0) is 29.8 Å². The molecule has 1 unspecified atom stereocenters. The molecule has 0 aliphatic carbocycles. The minimum Gasteiger partial charge on any atom is -0.468 e. The SMILES string of the molecule is COC(=O)C(Br)c1ccc(Oc2ccccc2)cc1. The molecule has 0 aliphatic heterocycles. The molecule has 0 fully saturated rings. The molecular weight excluding hydrogens is 308 g/mol. The molecule has 0 N–H and O–H groups in total. The molecule has 0 aliphatic rings. The van der Waals surface area contributed by atoms with E-state index >= 15 is 0 Å². The van der Waals surface area contributed by atoms with Crippen LogP contribution in [0.3, 0.4) is 0 Å². The maximum absolute atomic E-state index is 11.4. The van der Waals surface area contributed by atoms with E-state index in [1.807, 2.05) is 54.6 Å². The van der Waals surface area contributed by atoms with E-state index < -0.39 is 4.83 Å². The Hall–Kier alpha value is -1.81. The highest BCUT2D eigenvalue weighted by Gasteiger charge is 2.17. The fourth-order valence-corrected chi connectivity index (χ4v) is 2.06. The van der Waals surface area contributed by atoms with Gasteiger partial charge in [0.1, 0.15) is 16.3 Å². The van der Waals surface area contributed by atoms with Gasteiger partial charge in [-0.1, -0.05) is 46.3 Å². The van der Waals surface area contributed by atoms with Gasteiger partial charge in [-0.15, -0.1) is 0 Å². The fourth-order valence-electron chi connectivity index (χ4n) is 1.57. The van der Waals surface area contributed by atoms with Crippen molar-refractivity contribution in [1.82, 2.24) is 0 Å². The molecule has 98 valence electrons. The molecular formula is C15H13BrO3. The van der Waals surface area contributed by atoms with Crippen LogP contribution in [0.1, 0.15) is 10.4 Å². The maximum atomic E-state index is 11.4. The van der Waals surface area contributed by atoms with Crippen molar-refractivity contribution in [3.63, 3.8) is 0 Å². The first-order valence-corrected chi connectivity index (χ1v) is 6.67. The van der Waals surface area contributed by atoms with Crippen LogP contribution in [0, 0.1) is 0 Å². The van der Waals surface area contributed by atoms with Gasteiger partial charge in [0, 0.05) is 0 Å². The Balaban J connectivity index is 2.08. The molecule has 2 aromatic rings. The van der Waals surface area contributed by atoms with Crippen LogP contribution in [0.25, 0.3) is 0 Å². The molecule has 0 aromatic heterocycles. The number of benzene rings is 2. The van der Waals surface area contributed by atoms with Crippen molar-refractivity contribution in [2.75, 3.05) is 7.11 Å². The zero-order valence-corrected chi connectivity index (χ0v) is 12.0. The average molecular weight is 321 g/mol. The summed E-state index contributed by atoms with van der Waals surface area (Å²) in [4.78, 5) is 10.9. The van der Waals surface area contributed by atoms with Crippen LogP contribution in [0.5, 0.6) is 11.5 Å². The molecule has 0 saturated heterocycles. The minimum atomic E-state index is -0.455. The Bertz CT molecular complexity index is 537. The number of methoxy groups -OCH3 is 1. The molecule has 0 heterocycles. The average Bonchev–Trinajstić information content (AvgIpc) is 2.47. The number of ether oxygens (including phenoxy) is 2. The van der Waals surface area contributed by atoms with Gasteiger partial charge in [-0.3, -0.25) is 4.79 Å². The summed E-state index contributed by atoms with van der Waals surface area (Å²) < 4.78 is 10.3. The first-order chi connectivity index (χ1) is 9.20. The lowest BCUT2D eigenvalue weighted by Gasteiger charge is -2.09. The Morgan fingerprint density at radius 3 is 2.16 bits per heavy atom. The first-order valence-electron chi connectivity index (χ1n) is 5.75. The number of alkyl halides is 1. The van der Waals surface area contributed by atoms with Gasteiger partial charge in [-0.2, -0.15) is 0 Å². The molecule has 0 bridgehead atoms. The maximum Gasteiger partial charge on any atom is 0.323 e. The third-order valence-electron chi connectivity index (χ3n) is 2.56. The highest BCUT2D eigenvalue weighted by Crippen LogP contribution is 2.27. The zero-order chi connectivity index (χ0) is 13.7. The van der Waals surface area contributed by atoms with E-state index in [1.54, 1.807) is 0 Å². The minimum absolute atomic E-state index is 0.322. The van der Waals surface area contributed by atoms with Crippen molar-refractivity contribution >= 4 is 21.9 Å². The summed E-state index contributed by atoms with van der Waals surface area (Å²) >= 11 is 3.29. The number of esters is 1. The molecule has 0 radical (unpaired) electrons. The van der Waals surface area contributed by atoms with Crippen LogP contribution in [0.4, 0.5) is 0 Å². The third-order valence-corrected chi connectivity index (χ3v) is 3.46. The van der Waals surface area contributed by atoms with Gasteiger partial charge in [0.2, 0.25) is 0 Å². The third kappa shape index (κ3) is 3.58. The van der Waals surface area contributed by atoms with Gasteiger partial charge in [-0.25, -0.2) is 0 Å². The molecule has 4 heteroatoms. The van der Waals surface area contributed by atoms with Gasteiger partial charge in [0.15, 0.2) is 0 Å². The quantitative estimate of drug-likeness (QED) is 0.628. The van der Waals surface area contributed by atoms with E-state index in [-0.39, 0.29) is 5.97 Å². The van der Waals surface area contributed by atoms with Crippen LogP contribution in [0.15, 0.2) is 54.6 Å². The largest absolute Gasteiger partial charge is 0.468 e. The highest BCUT2D eigenvalue weighted by molar-refractivity contribution is 9.09. The second kappa shape index (κ2) is 6.38. The van der Waals surface area contributed by atoms with Crippen LogP contribution in [-0.2, 0) is 9.53 Å². The summed E-state index contributed by atoms with van der Waals surface area (Å²) in [7, 11) is 1.36. The van der Waals surface area contributed by atoms with Crippen LogP contribution in [0.2, 0.25) is 0 Å². The molecule has 0 saturated carbocycles. The van der Waals surface area contributed by atoms with Crippen LogP contribution in [-0.4, -0.2) is 13.1 Å². The monoisotopic (exact) mass is 320 g/mol. The van der Waals surface area contributed by atoms with Crippen molar-refractivity contribution in [3.8, 4) is 11.5 Å². The van der Waals surface area contributed by atoms with Gasteiger partial charge in [0.05, 0.1) is 7.11 Å². The van der Waals surface area contributed by atoms with E-state index in [4.69, 9.17) is 4.74 Å². The Morgan fingerprint density at radius 2 is 1.58 bits per heavy atom. The fraction of sp³-hybridized carbons (Fsp3) is 0.133. The lowest BCUT2D eigenvalue weighted by Crippen LogP contribution is -2.07. The number of rotatable bonds is 4. The van der Waals surface area contributed by atoms with Crippen molar-refractivity contribution in [3.05, 3.63) is 60.2 Å². The van der Waals surface area contributed by atoms with Crippen molar-refractivity contribution in [1.29, 1.82) is 0 Å². The standard InChI is InChI=1S/C15H13BrO3/c1-18-15(17)14(16)11-7-9-13(10-8-11)19-12-5-3-2-4-6-12/h2-10,14H,1H3. The molecule has 3 nitrogen and oxygen atoms in total. The molecule has 0 spiro atoms. The Kier molecular flexibility index (Phi) is 4.58. The normalized spacial score (nSPS) is 11.7. The van der Waals surface area contributed by atoms with Crippen LogP contribution >= 0.6 is 15.9 Å². The molecule has 0 amide bonds. The number of para-hydroxylation sites is 1. The molecule has 2 aromatic carbocycles. The highest BCUT2D eigenvalue weighted by atomic mass is 79.9. The summed E-state index contributed by atoms with van der Waals surface area (Å²) in [5, 5.41) is 0. The van der Waals surface area contributed by atoms with Gasteiger partial charge >= 0.3 is 5.97 Å². The van der Waals surface area contributed by atoms with Crippen LogP contribution < -0.4 is 4.74 Å². The van der Waals surface area contributed by atoms with Gasteiger partial charge in [0.25, 0.3) is 0 Å². The van der Waals surface area contributed by atoms with E-state index in [2.05, 4.69) is 20.7 Å². The summed E-state index contributed by atoms with van der Waals surface area (Å²) in [6, 6.07) is 16.8. The van der Waals surface area contributed by atoms with Crippen molar-refractivity contribution in [2.24, 2.45) is 0 Å². The summed E-state index contributed by atoms with van der Waals surface area (Å²) in [5.74, 6) is 1.18. The predicted molar refractivity (Wildman–Crippen MR) is 76.6 cm³/mol. The number of carbonyl (C=O) groups excluding carboxylic acids is 1. The molecule has 2 rings (SSSR count). The van der Waals surface area contributed by atoms with E-state index in [1.165, 1.54) is 7.11 Å². The summed E-state index contributed by atoms with van der Waals surface area (Å²) in [6.45, 7) is 0. The van der Waals surface area contributed by atoms with E-state index in [0.717, 1.165) is 17.1 Å². The van der Waals surface area contributed by atoms with E-state index in [9.17, 15) is 4.79 Å². The van der Waals surface area contributed by atoms with E-state index in [0.29, 0.717) is 0 Å². The van der Waals surface area contributed by atoms with Crippen molar-refractivity contribution in [2.45, 2.75) is 4.83 Å². The van der Waals surface area contributed by atoms with Crippen molar-refractivity contribution < 1.29 is 14.3 Å². The number of carbonyl (C=O) groups is 1. The lowest BCUT2D eigenvalue weighted by molar-refractivity contribution is -0.139. The second-order valence-corrected chi connectivity index (χ2v) is 4.79. The zero-order valence-electron chi connectivity index (χ0n) is 10.4. The Morgan fingerprint density at radius 1 is 1.00 bits per heavy atom. The second-order valence-electron chi connectivity index (χ2n) is 3.87.